The molecule has 0 unspecified atom stereocenters. The van der Waals surface area contributed by atoms with E-state index in [2.05, 4.69) is 0 Å². The number of aryl methyl sites for hydroxylation is 1. The largest absolute Gasteiger partial charge is 0.378 e. The Balaban J connectivity index is 1.85. The third-order valence-corrected chi connectivity index (χ3v) is 6.87. The van der Waals surface area contributed by atoms with Gasteiger partial charge in [0.15, 0.2) is 0 Å². The molecule has 0 aliphatic carbocycles. The second-order valence-corrected chi connectivity index (χ2v) is 8.42. The molecular formula is C16H21ClN2O4S. The van der Waals surface area contributed by atoms with E-state index in [9.17, 15) is 13.2 Å². The Morgan fingerprint density at radius 1 is 1.25 bits per heavy atom. The van der Waals surface area contributed by atoms with E-state index < -0.39 is 16.1 Å². The highest BCUT2D eigenvalue weighted by Gasteiger charge is 2.41. The Morgan fingerprint density at radius 2 is 1.96 bits per heavy atom. The fraction of sp³-hybridized carbons (Fsp3) is 0.562. The zero-order valence-electron chi connectivity index (χ0n) is 13.6. The maximum absolute atomic E-state index is 13.0. The minimum atomic E-state index is -3.74. The summed E-state index contributed by atoms with van der Waals surface area (Å²) in [6, 6.07) is 4.06. The van der Waals surface area contributed by atoms with Crippen LogP contribution in [0.15, 0.2) is 23.1 Å². The van der Waals surface area contributed by atoms with Crippen molar-refractivity contribution in [3.8, 4) is 0 Å². The Bertz CT molecular complexity index is 732. The number of benzene rings is 1. The third kappa shape index (κ3) is 3.31. The Labute approximate surface area is 147 Å². The summed E-state index contributed by atoms with van der Waals surface area (Å²) < 4.78 is 32.5. The lowest BCUT2D eigenvalue weighted by atomic mass is 10.2. The second kappa shape index (κ2) is 7.00. The highest BCUT2D eigenvalue weighted by Crippen LogP contribution is 2.29. The predicted molar refractivity (Wildman–Crippen MR) is 90.5 cm³/mol. The second-order valence-electron chi connectivity index (χ2n) is 6.12. The van der Waals surface area contributed by atoms with Crippen molar-refractivity contribution in [3.05, 3.63) is 28.8 Å². The van der Waals surface area contributed by atoms with Gasteiger partial charge in [-0.25, -0.2) is 8.42 Å². The molecule has 0 saturated carbocycles. The summed E-state index contributed by atoms with van der Waals surface area (Å²) in [7, 11) is -3.74. The molecule has 0 radical (unpaired) electrons. The number of halogens is 1. The van der Waals surface area contributed by atoms with Crippen molar-refractivity contribution in [2.45, 2.75) is 30.7 Å². The number of hydrogen-bond acceptors (Lipinski definition) is 4. The van der Waals surface area contributed by atoms with Gasteiger partial charge in [0.05, 0.1) is 18.1 Å². The van der Waals surface area contributed by atoms with Crippen LogP contribution in [0.25, 0.3) is 0 Å². The van der Waals surface area contributed by atoms with Crippen LogP contribution in [0.1, 0.15) is 18.4 Å². The van der Waals surface area contributed by atoms with Crippen molar-refractivity contribution in [2.24, 2.45) is 0 Å². The van der Waals surface area contributed by atoms with Gasteiger partial charge in [0, 0.05) is 24.7 Å². The maximum Gasteiger partial charge on any atom is 0.243 e. The van der Waals surface area contributed by atoms with Crippen molar-refractivity contribution in [3.63, 3.8) is 0 Å². The minimum absolute atomic E-state index is 0.127. The molecule has 132 valence electrons. The lowest BCUT2D eigenvalue weighted by Crippen LogP contribution is -2.50. The Kier molecular flexibility index (Phi) is 5.15. The van der Waals surface area contributed by atoms with Crippen molar-refractivity contribution < 1.29 is 17.9 Å². The van der Waals surface area contributed by atoms with Gasteiger partial charge in [-0.15, -0.1) is 0 Å². The van der Waals surface area contributed by atoms with Crippen LogP contribution < -0.4 is 0 Å². The normalized spacial score (nSPS) is 22.8. The van der Waals surface area contributed by atoms with Crippen LogP contribution in [-0.4, -0.2) is 62.4 Å². The van der Waals surface area contributed by atoms with Crippen LogP contribution in [0.2, 0.25) is 5.02 Å². The Morgan fingerprint density at radius 3 is 2.62 bits per heavy atom. The van der Waals surface area contributed by atoms with Gasteiger partial charge in [0.25, 0.3) is 0 Å². The molecule has 1 aromatic carbocycles. The monoisotopic (exact) mass is 372 g/mol. The first-order valence-corrected chi connectivity index (χ1v) is 9.87. The lowest BCUT2D eigenvalue weighted by molar-refractivity contribution is -0.138. The van der Waals surface area contributed by atoms with E-state index in [1.165, 1.54) is 10.4 Å². The summed E-state index contributed by atoms with van der Waals surface area (Å²) in [5, 5.41) is 0.409. The first-order chi connectivity index (χ1) is 11.4. The SMILES string of the molecule is Cc1ccc(S(=O)(=O)N2CCC[C@@H]2C(=O)N2CCOCC2)cc1Cl. The zero-order chi connectivity index (χ0) is 17.3. The lowest BCUT2D eigenvalue weighted by Gasteiger charge is -2.32. The molecule has 24 heavy (non-hydrogen) atoms. The maximum atomic E-state index is 13.0. The fourth-order valence-electron chi connectivity index (χ4n) is 3.14. The van der Waals surface area contributed by atoms with Crippen LogP contribution in [0.3, 0.4) is 0 Å². The van der Waals surface area contributed by atoms with Crippen molar-refractivity contribution in [2.75, 3.05) is 32.8 Å². The van der Waals surface area contributed by atoms with E-state index in [1.54, 1.807) is 17.0 Å². The molecule has 2 aliphatic heterocycles. The van der Waals surface area contributed by atoms with Gasteiger partial charge in [-0.1, -0.05) is 17.7 Å². The number of rotatable bonds is 3. The average molecular weight is 373 g/mol. The van der Waals surface area contributed by atoms with Gasteiger partial charge in [0.2, 0.25) is 15.9 Å². The molecule has 2 fully saturated rings. The van der Waals surface area contributed by atoms with Crippen LogP contribution in [0.4, 0.5) is 0 Å². The molecule has 1 amide bonds. The summed E-state index contributed by atoms with van der Waals surface area (Å²) >= 11 is 6.08. The molecule has 2 aliphatic rings. The van der Waals surface area contributed by atoms with Gasteiger partial charge in [-0.05, 0) is 37.5 Å². The molecule has 0 spiro atoms. The summed E-state index contributed by atoms with van der Waals surface area (Å²) in [4.78, 5) is 14.6. The van der Waals surface area contributed by atoms with Gasteiger partial charge in [0.1, 0.15) is 6.04 Å². The number of ether oxygens (including phenoxy) is 1. The van der Waals surface area contributed by atoms with Crippen molar-refractivity contribution in [1.29, 1.82) is 0 Å². The molecule has 2 saturated heterocycles. The Hall–Kier alpha value is -1.15. The van der Waals surface area contributed by atoms with E-state index >= 15 is 0 Å². The van der Waals surface area contributed by atoms with Crippen LogP contribution in [0, 0.1) is 6.92 Å². The highest BCUT2D eigenvalue weighted by molar-refractivity contribution is 7.89. The van der Waals surface area contributed by atoms with Crippen LogP contribution in [-0.2, 0) is 19.6 Å². The molecule has 3 rings (SSSR count). The zero-order valence-corrected chi connectivity index (χ0v) is 15.1. The summed E-state index contributed by atoms with van der Waals surface area (Å²) in [5.41, 5.74) is 0.818. The van der Waals surface area contributed by atoms with E-state index in [0.717, 1.165) is 5.56 Å². The first kappa shape index (κ1) is 17.7. The average Bonchev–Trinajstić information content (AvgIpc) is 3.08. The number of morpholine rings is 1. The summed E-state index contributed by atoms with van der Waals surface area (Å²) in [6.45, 7) is 4.20. The molecule has 1 aromatic rings. The predicted octanol–water partition coefficient (Wildman–Crippen LogP) is 1.66. The number of carbonyl (C=O) groups is 1. The topological polar surface area (TPSA) is 66.9 Å². The number of amides is 1. The minimum Gasteiger partial charge on any atom is -0.378 e. The van der Waals surface area contributed by atoms with Crippen LogP contribution >= 0.6 is 11.6 Å². The molecule has 0 aromatic heterocycles. The summed E-state index contributed by atoms with van der Waals surface area (Å²) in [5.74, 6) is -0.127. The molecule has 0 bridgehead atoms. The smallest absolute Gasteiger partial charge is 0.243 e. The number of hydrogen-bond donors (Lipinski definition) is 0. The van der Waals surface area contributed by atoms with Gasteiger partial charge < -0.3 is 9.64 Å². The van der Waals surface area contributed by atoms with Gasteiger partial charge >= 0.3 is 0 Å². The molecular weight excluding hydrogens is 352 g/mol. The van der Waals surface area contributed by atoms with Crippen molar-refractivity contribution in [1.82, 2.24) is 9.21 Å². The molecule has 2 heterocycles. The number of nitrogens with zero attached hydrogens (tertiary/aromatic N) is 2. The first-order valence-electron chi connectivity index (χ1n) is 8.06. The molecule has 6 nitrogen and oxygen atoms in total. The van der Waals surface area contributed by atoms with E-state index in [0.29, 0.717) is 50.7 Å². The number of sulfonamides is 1. The number of carbonyl (C=O) groups excluding carboxylic acids is 1. The van der Waals surface area contributed by atoms with E-state index in [-0.39, 0.29) is 10.8 Å². The van der Waals surface area contributed by atoms with E-state index in [4.69, 9.17) is 16.3 Å². The van der Waals surface area contributed by atoms with E-state index in [1.807, 2.05) is 6.92 Å². The summed E-state index contributed by atoms with van der Waals surface area (Å²) in [6.07, 6.45) is 1.23. The van der Waals surface area contributed by atoms with Crippen LogP contribution in [0.5, 0.6) is 0 Å². The molecule has 1 atom stereocenters. The third-order valence-electron chi connectivity index (χ3n) is 4.56. The van der Waals surface area contributed by atoms with Crippen molar-refractivity contribution >= 4 is 27.5 Å². The molecule has 8 heteroatoms. The highest BCUT2D eigenvalue weighted by atomic mass is 35.5. The molecule has 0 N–H and O–H groups in total. The van der Waals surface area contributed by atoms with Gasteiger partial charge in [-0.2, -0.15) is 4.31 Å². The quantitative estimate of drug-likeness (QED) is 0.809. The standard InChI is InChI=1S/C16H21ClN2O4S/c1-12-4-5-13(11-14(12)17)24(21,22)19-6-2-3-15(19)16(20)18-7-9-23-10-8-18/h4-5,11,15H,2-3,6-10H2,1H3/t15-/m1/s1. The van der Waals surface area contributed by atoms with Gasteiger partial charge in [-0.3, -0.25) is 4.79 Å². The fourth-order valence-corrected chi connectivity index (χ4v) is 5.06.